The molecule has 0 aromatic rings. The molecule has 3 heteroatoms. The van der Waals surface area contributed by atoms with Gasteiger partial charge in [-0.25, -0.2) is 4.79 Å². The minimum absolute atomic E-state index is 0.190. The number of carbonyl (C=O) groups is 1. The van der Waals surface area contributed by atoms with Crippen LogP contribution in [0.5, 0.6) is 0 Å². The number of carbonyl (C=O) groups excluding carboxylic acids is 1. The summed E-state index contributed by atoms with van der Waals surface area (Å²) in [5, 5.41) is 0. The van der Waals surface area contributed by atoms with E-state index in [1.807, 2.05) is 6.92 Å². The highest BCUT2D eigenvalue weighted by Crippen LogP contribution is 2.13. The molecule has 1 fully saturated rings. The summed E-state index contributed by atoms with van der Waals surface area (Å²) in [5.41, 5.74) is 0. The van der Waals surface area contributed by atoms with Crippen LogP contribution < -0.4 is 0 Å². The molecule has 1 rings (SSSR count). The number of hydrogen-bond acceptors (Lipinski definition) is 3. The highest BCUT2D eigenvalue weighted by atomic mass is 16.6. The molecule has 1 aliphatic heterocycles. The van der Waals surface area contributed by atoms with E-state index in [1.54, 1.807) is 0 Å². The summed E-state index contributed by atoms with van der Waals surface area (Å²) < 4.78 is 10.0. The molecule has 0 spiro atoms. The summed E-state index contributed by atoms with van der Waals surface area (Å²) in [6.07, 6.45) is 2.40. The first-order valence-corrected chi connectivity index (χ1v) is 4.13. The van der Waals surface area contributed by atoms with E-state index in [0.717, 1.165) is 19.3 Å². The van der Waals surface area contributed by atoms with Gasteiger partial charge in [-0.1, -0.05) is 6.92 Å². The molecular weight excluding hydrogens is 144 g/mol. The first-order valence-electron chi connectivity index (χ1n) is 4.13. The lowest BCUT2D eigenvalue weighted by Crippen LogP contribution is -2.22. The van der Waals surface area contributed by atoms with Crippen molar-refractivity contribution in [3.05, 3.63) is 0 Å². The largest absolute Gasteiger partial charge is 0.464 e. The highest BCUT2D eigenvalue weighted by molar-refractivity contribution is 5.74. The van der Waals surface area contributed by atoms with Crippen molar-refractivity contribution in [2.45, 2.75) is 32.3 Å². The third-order valence-corrected chi connectivity index (χ3v) is 1.64. The summed E-state index contributed by atoms with van der Waals surface area (Å²) in [6, 6.07) is 0. The smallest absolute Gasteiger partial charge is 0.335 e. The fourth-order valence-corrected chi connectivity index (χ4v) is 1.06. The summed E-state index contributed by atoms with van der Waals surface area (Å²) in [4.78, 5) is 11.1. The SMILES string of the molecule is CCCOC(=O)C1CCCO1. The Morgan fingerprint density at radius 1 is 1.73 bits per heavy atom. The van der Waals surface area contributed by atoms with Gasteiger partial charge in [-0.15, -0.1) is 0 Å². The van der Waals surface area contributed by atoms with Gasteiger partial charge in [0.2, 0.25) is 0 Å². The monoisotopic (exact) mass is 158 g/mol. The first-order chi connectivity index (χ1) is 5.34. The molecule has 1 saturated heterocycles. The maximum Gasteiger partial charge on any atom is 0.335 e. The average Bonchev–Trinajstić information content (AvgIpc) is 2.52. The van der Waals surface area contributed by atoms with Gasteiger partial charge < -0.3 is 9.47 Å². The third kappa shape index (κ3) is 2.50. The van der Waals surface area contributed by atoms with Crippen LogP contribution in [0.15, 0.2) is 0 Å². The van der Waals surface area contributed by atoms with Crippen molar-refractivity contribution in [1.29, 1.82) is 0 Å². The van der Waals surface area contributed by atoms with Crippen LogP contribution in [0.1, 0.15) is 26.2 Å². The predicted octanol–water partition coefficient (Wildman–Crippen LogP) is 1.12. The second-order valence-electron chi connectivity index (χ2n) is 2.67. The van der Waals surface area contributed by atoms with Gasteiger partial charge in [0, 0.05) is 6.61 Å². The summed E-state index contributed by atoms with van der Waals surface area (Å²) >= 11 is 0. The molecule has 0 aromatic heterocycles. The van der Waals surface area contributed by atoms with Crippen LogP contribution in [0.2, 0.25) is 0 Å². The van der Waals surface area contributed by atoms with E-state index in [-0.39, 0.29) is 12.1 Å². The van der Waals surface area contributed by atoms with E-state index in [2.05, 4.69) is 0 Å². The van der Waals surface area contributed by atoms with Gasteiger partial charge in [-0.05, 0) is 19.3 Å². The highest BCUT2D eigenvalue weighted by Gasteiger charge is 2.24. The Kier molecular flexibility index (Phi) is 3.36. The van der Waals surface area contributed by atoms with Crippen molar-refractivity contribution in [2.75, 3.05) is 13.2 Å². The maximum absolute atomic E-state index is 11.1. The molecule has 0 aliphatic carbocycles. The Balaban J connectivity index is 2.17. The van der Waals surface area contributed by atoms with Gasteiger partial charge in [0.15, 0.2) is 6.10 Å². The van der Waals surface area contributed by atoms with Crippen LogP contribution in [-0.2, 0) is 14.3 Å². The lowest BCUT2D eigenvalue weighted by molar-refractivity contribution is -0.154. The lowest BCUT2D eigenvalue weighted by Gasteiger charge is -2.07. The molecule has 0 amide bonds. The van der Waals surface area contributed by atoms with E-state index in [1.165, 1.54) is 0 Å². The van der Waals surface area contributed by atoms with Crippen molar-refractivity contribution >= 4 is 5.97 Å². The van der Waals surface area contributed by atoms with Gasteiger partial charge in [-0.2, -0.15) is 0 Å². The zero-order chi connectivity index (χ0) is 8.10. The summed E-state index contributed by atoms with van der Waals surface area (Å²) in [6.45, 7) is 3.19. The number of ether oxygens (including phenoxy) is 2. The van der Waals surface area contributed by atoms with Crippen LogP contribution in [0.4, 0.5) is 0 Å². The first kappa shape index (κ1) is 8.53. The molecule has 0 bridgehead atoms. The Morgan fingerprint density at radius 3 is 3.09 bits per heavy atom. The fraction of sp³-hybridized carbons (Fsp3) is 0.875. The van der Waals surface area contributed by atoms with Crippen molar-refractivity contribution in [2.24, 2.45) is 0 Å². The van der Waals surface area contributed by atoms with Gasteiger partial charge in [-0.3, -0.25) is 0 Å². The van der Waals surface area contributed by atoms with E-state index in [0.29, 0.717) is 13.2 Å². The molecule has 0 N–H and O–H groups in total. The van der Waals surface area contributed by atoms with Gasteiger partial charge in [0.25, 0.3) is 0 Å². The molecule has 1 heterocycles. The third-order valence-electron chi connectivity index (χ3n) is 1.64. The topological polar surface area (TPSA) is 35.5 Å². The predicted molar refractivity (Wildman–Crippen MR) is 40.2 cm³/mol. The van der Waals surface area contributed by atoms with E-state index in [4.69, 9.17) is 9.47 Å². The Morgan fingerprint density at radius 2 is 2.55 bits per heavy atom. The van der Waals surface area contributed by atoms with Gasteiger partial charge in [0.05, 0.1) is 6.61 Å². The normalized spacial score (nSPS) is 23.5. The van der Waals surface area contributed by atoms with Gasteiger partial charge in [0.1, 0.15) is 0 Å². The molecule has 0 aromatic carbocycles. The molecule has 3 nitrogen and oxygen atoms in total. The summed E-state index contributed by atoms with van der Waals surface area (Å²) in [7, 11) is 0. The molecule has 1 unspecified atom stereocenters. The van der Waals surface area contributed by atoms with Crippen LogP contribution in [0.3, 0.4) is 0 Å². The molecule has 1 atom stereocenters. The Hall–Kier alpha value is -0.570. The minimum atomic E-state index is -0.276. The van der Waals surface area contributed by atoms with Crippen LogP contribution in [0, 0.1) is 0 Å². The second-order valence-corrected chi connectivity index (χ2v) is 2.67. The lowest BCUT2D eigenvalue weighted by atomic mass is 10.2. The zero-order valence-corrected chi connectivity index (χ0v) is 6.84. The molecular formula is C8H14O3. The van der Waals surface area contributed by atoms with E-state index < -0.39 is 0 Å². The van der Waals surface area contributed by atoms with Crippen molar-refractivity contribution < 1.29 is 14.3 Å². The van der Waals surface area contributed by atoms with E-state index in [9.17, 15) is 4.79 Å². The molecule has 0 radical (unpaired) electrons. The van der Waals surface area contributed by atoms with Crippen LogP contribution >= 0.6 is 0 Å². The molecule has 11 heavy (non-hydrogen) atoms. The number of esters is 1. The van der Waals surface area contributed by atoms with Crippen molar-refractivity contribution in [1.82, 2.24) is 0 Å². The average molecular weight is 158 g/mol. The zero-order valence-electron chi connectivity index (χ0n) is 6.84. The minimum Gasteiger partial charge on any atom is -0.464 e. The van der Waals surface area contributed by atoms with Crippen molar-refractivity contribution in [3.63, 3.8) is 0 Å². The Labute approximate surface area is 66.7 Å². The van der Waals surface area contributed by atoms with Crippen LogP contribution in [0.25, 0.3) is 0 Å². The molecule has 0 saturated carbocycles. The fourth-order valence-electron chi connectivity index (χ4n) is 1.06. The number of hydrogen-bond donors (Lipinski definition) is 0. The standard InChI is InChI=1S/C8H14O3/c1-2-5-11-8(9)7-4-3-6-10-7/h7H,2-6H2,1H3. The second kappa shape index (κ2) is 4.34. The maximum atomic E-state index is 11.1. The van der Waals surface area contributed by atoms with Gasteiger partial charge >= 0.3 is 5.97 Å². The molecule has 1 aliphatic rings. The quantitative estimate of drug-likeness (QED) is 0.577. The van der Waals surface area contributed by atoms with Crippen molar-refractivity contribution in [3.8, 4) is 0 Å². The molecule has 64 valence electrons. The summed E-state index contributed by atoms with van der Waals surface area (Å²) in [5.74, 6) is -0.190. The Bertz CT molecular complexity index is 127. The van der Waals surface area contributed by atoms with Crippen LogP contribution in [-0.4, -0.2) is 25.3 Å². The van der Waals surface area contributed by atoms with E-state index >= 15 is 0 Å². The number of rotatable bonds is 3.